The lowest BCUT2D eigenvalue weighted by molar-refractivity contribution is -0.147. The van der Waals surface area contributed by atoms with Gasteiger partial charge in [-0.15, -0.1) is 0 Å². The van der Waals surface area contributed by atoms with Crippen LogP contribution >= 0.6 is 11.6 Å². The molecule has 0 atom stereocenters. The van der Waals surface area contributed by atoms with E-state index in [-0.39, 0.29) is 12.3 Å². The number of cyclic esters (lactones) is 1. The second-order valence-corrected chi connectivity index (χ2v) is 4.12. The number of carboxylic acid groups (broad SMARTS) is 1. The van der Waals surface area contributed by atoms with Crippen molar-refractivity contribution < 1.29 is 24.2 Å². The summed E-state index contributed by atoms with van der Waals surface area (Å²) in [5.74, 6) is -2.84. The number of carboxylic acids is 1. The molecular formula is C11H9ClN2O5. The van der Waals surface area contributed by atoms with Crippen LogP contribution in [0.15, 0.2) is 18.2 Å². The highest BCUT2D eigenvalue weighted by Gasteiger charge is 2.26. The van der Waals surface area contributed by atoms with E-state index in [4.69, 9.17) is 21.4 Å². The van der Waals surface area contributed by atoms with Crippen molar-refractivity contribution in [2.45, 2.75) is 0 Å². The number of amides is 2. The Hall–Kier alpha value is -2.28. The third kappa shape index (κ3) is 2.76. The minimum Gasteiger partial charge on any atom is -0.474 e. The lowest BCUT2D eigenvalue weighted by Crippen LogP contribution is -2.27. The molecule has 0 bridgehead atoms. The first-order valence-electron chi connectivity index (χ1n) is 5.27. The summed E-state index contributed by atoms with van der Waals surface area (Å²) in [6.07, 6.45) is -0.562. The van der Waals surface area contributed by atoms with Crippen molar-refractivity contribution in [3.8, 4) is 0 Å². The Kier molecular flexibility index (Phi) is 3.57. The molecule has 0 unspecified atom stereocenters. The number of anilines is 2. The zero-order valence-electron chi connectivity index (χ0n) is 9.55. The normalized spacial score (nSPS) is 14.2. The zero-order valence-corrected chi connectivity index (χ0v) is 10.3. The predicted octanol–water partition coefficient (Wildman–Crippen LogP) is 1.32. The number of carbonyl (C=O) groups excluding carboxylic acids is 2. The molecule has 0 aromatic heterocycles. The van der Waals surface area contributed by atoms with Crippen LogP contribution in [-0.2, 0) is 14.3 Å². The number of hydrogen-bond acceptors (Lipinski definition) is 4. The van der Waals surface area contributed by atoms with Crippen LogP contribution in [0.5, 0.6) is 0 Å². The summed E-state index contributed by atoms with van der Waals surface area (Å²) < 4.78 is 4.78. The molecule has 7 nitrogen and oxygen atoms in total. The molecule has 8 heteroatoms. The fourth-order valence-corrected chi connectivity index (χ4v) is 1.80. The molecule has 2 N–H and O–H groups in total. The highest BCUT2D eigenvalue weighted by Crippen LogP contribution is 2.31. The maximum atomic E-state index is 11.5. The standard InChI is InChI=1S/C11H9ClN2O5/c12-6-1-2-8(14-3-4-19-11(14)18)7(5-6)13-9(15)10(16)17/h1-2,5H,3-4H2,(H,13,15)(H,16,17). The first-order chi connectivity index (χ1) is 8.99. The van der Waals surface area contributed by atoms with Crippen molar-refractivity contribution >= 4 is 40.9 Å². The Morgan fingerprint density at radius 3 is 2.74 bits per heavy atom. The maximum Gasteiger partial charge on any atom is 0.414 e. The third-order valence-corrected chi connectivity index (χ3v) is 2.69. The second kappa shape index (κ2) is 5.15. The van der Waals surface area contributed by atoms with E-state index in [2.05, 4.69) is 5.32 Å². The Labute approximate surface area is 112 Å². The summed E-state index contributed by atoms with van der Waals surface area (Å²) in [5, 5.41) is 11.0. The molecule has 1 saturated heterocycles. The fraction of sp³-hybridized carbons (Fsp3) is 0.182. The molecule has 19 heavy (non-hydrogen) atoms. The van der Waals surface area contributed by atoms with Crippen molar-refractivity contribution in [2.75, 3.05) is 23.4 Å². The van der Waals surface area contributed by atoms with Gasteiger partial charge in [0.1, 0.15) is 6.61 Å². The molecular weight excluding hydrogens is 276 g/mol. The topological polar surface area (TPSA) is 95.9 Å². The molecule has 1 aromatic carbocycles. The lowest BCUT2D eigenvalue weighted by Gasteiger charge is -2.17. The van der Waals surface area contributed by atoms with Gasteiger partial charge in [-0.2, -0.15) is 0 Å². The molecule has 100 valence electrons. The van der Waals surface area contributed by atoms with Crippen LogP contribution in [0.2, 0.25) is 5.02 Å². The van der Waals surface area contributed by atoms with Gasteiger partial charge < -0.3 is 15.2 Å². The van der Waals surface area contributed by atoms with Crippen molar-refractivity contribution in [1.82, 2.24) is 0 Å². The van der Waals surface area contributed by atoms with E-state index in [1.807, 2.05) is 0 Å². The molecule has 1 aliphatic heterocycles. The van der Waals surface area contributed by atoms with E-state index < -0.39 is 18.0 Å². The number of carbonyl (C=O) groups is 3. The molecule has 1 aromatic rings. The molecule has 1 heterocycles. The van der Waals surface area contributed by atoms with Crippen molar-refractivity contribution in [3.63, 3.8) is 0 Å². The van der Waals surface area contributed by atoms with E-state index in [0.29, 0.717) is 17.3 Å². The summed E-state index contributed by atoms with van der Waals surface area (Å²) in [6.45, 7) is 0.546. The minimum atomic E-state index is -1.63. The summed E-state index contributed by atoms with van der Waals surface area (Å²) in [7, 11) is 0. The van der Waals surface area contributed by atoms with Crippen molar-refractivity contribution in [1.29, 1.82) is 0 Å². The van der Waals surface area contributed by atoms with E-state index in [9.17, 15) is 14.4 Å². The first-order valence-corrected chi connectivity index (χ1v) is 5.65. The molecule has 1 fully saturated rings. The number of ether oxygens (including phenoxy) is 1. The highest BCUT2D eigenvalue weighted by atomic mass is 35.5. The van der Waals surface area contributed by atoms with E-state index in [1.54, 1.807) is 0 Å². The van der Waals surface area contributed by atoms with Gasteiger partial charge >= 0.3 is 18.0 Å². The van der Waals surface area contributed by atoms with Crippen LogP contribution < -0.4 is 10.2 Å². The molecule has 0 spiro atoms. The second-order valence-electron chi connectivity index (χ2n) is 3.69. The number of rotatable bonds is 2. The SMILES string of the molecule is O=C(O)C(=O)Nc1cc(Cl)ccc1N1CCOC1=O. The van der Waals surface area contributed by atoms with Gasteiger partial charge in [-0.05, 0) is 18.2 Å². The van der Waals surface area contributed by atoms with Crippen molar-refractivity contribution in [3.05, 3.63) is 23.2 Å². The smallest absolute Gasteiger partial charge is 0.414 e. The minimum absolute atomic E-state index is 0.138. The lowest BCUT2D eigenvalue weighted by atomic mass is 10.2. The van der Waals surface area contributed by atoms with Gasteiger partial charge in [0, 0.05) is 5.02 Å². The fourth-order valence-electron chi connectivity index (χ4n) is 1.63. The predicted molar refractivity (Wildman–Crippen MR) is 66.4 cm³/mol. The van der Waals surface area contributed by atoms with E-state index >= 15 is 0 Å². The molecule has 2 rings (SSSR count). The molecule has 0 radical (unpaired) electrons. The monoisotopic (exact) mass is 284 g/mol. The van der Waals surface area contributed by atoms with Gasteiger partial charge in [-0.1, -0.05) is 11.6 Å². The quantitative estimate of drug-likeness (QED) is 0.799. The van der Waals surface area contributed by atoms with E-state index in [1.165, 1.54) is 23.1 Å². The Morgan fingerprint density at radius 1 is 1.42 bits per heavy atom. The summed E-state index contributed by atoms with van der Waals surface area (Å²) in [6, 6.07) is 4.40. The van der Waals surface area contributed by atoms with Crippen LogP contribution in [0.25, 0.3) is 0 Å². The number of halogens is 1. The number of nitrogens with one attached hydrogen (secondary N) is 1. The van der Waals surface area contributed by atoms with Crippen LogP contribution in [0.1, 0.15) is 0 Å². The third-order valence-electron chi connectivity index (χ3n) is 2.45. The molecule has 0 aliphatic carbocycles. The van der Waals surface area contributed by atoms with Crippen LogP contribution in [0.3, 0.4) is 0 Å². The van der Waals surface area contributed by atoms with Crippen LogP contribution in [0, 0.1) is 0 Å². The van der Waals surface area contributed by atoms with Gasteiger partial charge in [0.2, 0.25) is 0 Å². The summed E-state index contributed by atoms with van der Waals surface area (Å²) in [4.78, 5) is 34.5. The summed E-state index contributed by atoms with van der Waals surface area (Å²) in [5.41, 5.74) is 0.472. The number of hydrogen-bond donors (Lipinski definition) is 2. The Bertz CT molecular complexity index is 560. The molecule has 2 amide bonds. The van der Waals surface area contributed by atoms with Gasteiger partial charge in [-0.25, -0.2) is 9.59 Å². The average Bonchev–Trinajstić information content (AvgIpc) is 2.75. The van der Waals surface area contributed by atoms with Crippen molar-refractivity contribution in [2.24, 2.45) is 0 Å². The van der Waals surface area contributed by atoms with Crippen LogP contribution in [-0.4, -0.2) is 36.2 Å². The van der Waals surface area contributed by atoms with Gasteiger partial charge in [-0.3, -0.25) is 9.69 Å². The largest absolute Gasteiger partial charge is 0.474 e. The number of nitrogens with zero attached hydrogens (tertiary/aromatic N) is 1. The molecule has 0 saturated carbocycles. The maximum absolute atomic E-state index is 11.5. The van der Waals surface area contributed by atoms with Gasteiger partial charge in [0.25, 0.3) is 0 Å². The average molecular weight is 285 g/mol. The Morgan fingerprint density at radius 2 is 2.16 bits per heavy atom. The number of benzene rings is 1. The number of aliphatic carboxylic acids is 1. The van der Waals surface area contributed by atoms with E-state index in [0.717, 1.165) is 0 Å². The zero-order chi connectivity index (χ0) is 14.0. The highest BCUT2D eigenvalue weighted by molar-refractivity contribution is 6.37. The van der Waals surface area contributed by atoms with Gasteiger partial charge in [0.15, 0.2) is 0 Å². The summed E-state index contributed by atoms with van der Waals surface area (Å²) >= 11 is 5.79. The molecule has 1 aliphatic rings. The van der Waals surface area contributed by atoms with Crippen LogP contribution in [0.4, 0.5) is 16.2 Å². The van der Waals surface area contributed by atoms with Gasteiger partial charge in [0.05, 0.1) is 17.9 Å². The first kappa shape index (κ1) is 13.2. The Balaban J connectivity index is 2.35.